The number of nitrogens with zero attached hydrogens (tertiary/aromatic N) is 4. The van der Waals surface area contributed by atoms with Gasteiger partial charge in [-0.3, -0.25) is 0 Å². The first-order valence-electron chi connectivity index (χ1n) is 28.3. The molecule has 0 saturated carbocycles. The topological polar surface area (TPSA) is 19.7 Å². The van der Waals surface area contributed by atoms with Crippen LogP contribution in [0, 0.1) is 12.8 Å². The quantitative estimate of drug-likeness (QED) is 0.148. The average molecular weight is 1040 g/mol. The molecule has 14 aromatic rings. The van der Waals surface area contributed by atoms with E-state index < -0.39 is 5.41 Å². The molecule has 0 unspecified atom stereocenters. The fourth-order valence-electron chi connectivity index (χ4n) is 14.3. The molecule has 81 heavy (non-hydrogen) atoms. The smallest absolute Gasteiger partial charge is 0.0721 e. The standard InChI is InChI=1S/C73H52N4.C2H6.C2H2/c1-45(74-65-29-13-5-21-53(65)54-22-6-14-30-66(54)74)41-61-47(3)48(4)62(42-46(2)75-67-31-15-7-23-55(67)56-24-8-16-32-68(56)75)73(61)63-43-49(76-69-33-17-9-25-57(69)58-26-10-18-34-70(58)76)37-39-51(63)52-40-38-50(44-64(52)73)77-71-35-19-11-27-59(71)60-28-12-20-36-72(60)77;2*1-2/h5-44H,1-4H3;1-2H3;1-2H/b45-41+,46-42+;;. The number of hydrogen-bond acceptors (Lipinski definition) is 0. The number of allylic oxidation sites excluding steroid dienone is 8. The summed E-state index contributed by atoms with van der Waals surface area (Å²) < 4.78 is 9.96. The number of benzene rings is 10. The zero-order chi connectivity index (χ0) is 55.3. The van der Waals surface area contributed by atoms with Crippen molar-refractivity contribution in [3.63, 3.8) is 0 Å². The molecule has 0 bridgehead atoms. The first-order valence-corrected chi connectivity index (χ1v) is 28.3. The summed E-state index contributed by atoms with van der Waals surface area (Å²) in [6, 6.07) is 85.8. The second-order valence-electron chi connectivity index (χ2n) is 21.3. The molecule has 0 radical (unpaired) electrons. The summed E-state index contributed by atoms with van der Waals surface area (Å²) in [6.45, 7) is 13.4. The lowest BCUT2D eigenvalue weighted by atomic mass is 9.68. The Labute approximate surface area is 472 Å². The van der Waals surface area contributed by atoms with E-state index >= 15 is 0 Å². The molecule has 10 aromatic carbocycles. The molecule has 4 heteroatoms. The lowest BCUT2D eigenvalue weighted by molar-refractivity contribution is 0.774. The predicted octanol–water partition coefficient (Wildman–Crippen LogP) is 20.4. The molecule has 4 aromatic heterocycles. The number of terminal acetylenes is 1. The fourth-order valence-corrected chi connectivity index (χ4v) is 14.3. The number of aromatic nitrogens is 4. The van der Waals surface area contributed by atoms with Crippen LogP contribution in [0.3, 0.4) is 0 Å². The minimum atomic E-state index is -0.761. The van der Waals surface area contributed by atoms with Gasteiger partial charge in [0.05, 0.1) is 49.5 Å². The third kappa shape index (κ3) is 6.92. The molecular weight excluding hydrogens is 981 g/mol. The zero-order valence-electron chi connectivity index (χ0n) is 46.5. The molecule has 0 atom stereocenters. The summed E-state index contributed by atoms with van der Waals surface area (Å²) in [5, 5.41) is 10.0. The van der Waals surface area contributed by atoms with Gasteiger partial charge in [-0.2, -0.15) is 0 Å². The van der Waals surface area contributed by atoms with Gasteiger partial charge in [0.15, 0.2) is 0 Å². The van der Waals surface area contributed by atoms with Crippen LogP contribution >= 0.6 is 0 Å². The Bertz CT molecular complexity index is 4550. The van der Waals surface area contributed by atoms with E-state index in [2.05, 4.69) is 301 Å². The van der Waals surface area contributed by atoms with Gasteiger partial charge in [0.25, 0.3) is 0 Å². The van der Waals surface area contributed by atoms with Gasteiger partial charge in [-0.1, -0.05) is 172 Å². The van der Waals surface area contributed by atoms with Crippen LogP contribution in [0.5, 0.6) is 0 Å². The highest BCUT2D eigenvalue weighted by Crippen LogP contribution is 2.63. The molecule has 0 N–H and O–H groups in total. The van der Waals surface area contributed by atoms with Gasteiger partial charge in [-0.05, 0) is 157 Å². The van der Waals surface area contributed by atoms with Crippen molar-refractivity contribution in [2.24, 2.45) is 0 Å². The van der Waals surface area contributed by atoms with Gasteiger partial charge in [-0.15, -0.1) is 12.8 Å². The second-order valence-corrected chi connectivity index (χ2v) is 21.3. The average Bonchev–Trinajstić information content (AvgIpc) is 4.40. The van der Waals surface area contributed by atoms with Crippen LogP contribution in [0.25, 0.3) is 121 Å². The van der Waals surface area contributed by atoms with Crippen LogP contribution in [0.2, 0.25) is 0 Å². The largest absolute Gasteiger partial charge is 0.313 e. The van der Waals surface area contributed by atoms with Gasteiger partial charge >= 0.3 is 0 Å². The third-order valence-corrected chi connectivity index (χ3v) is 17.5. The molecule has 0 saturated heterocycles. The summed E-state index contributed by atoms with van der Waals surface area (Å²) >= 11 is 0. The van der Waals surface area contributed by atoms with Crippen LogP contribution in [-0.4, -0.2) is 18.3 Å². The van der Waals surface area contributed by atoms with Crippen LogP contribution in [0.4, 0.5) is 0 Å². The van der Waals surface area contributed by atoms with Gasteiger partial charge in [0, 0.05) is 65.9 Å². The minimum absolute atomic E-state index is 0.761. The lowest BCUT2D eigenvalue weighted by Gasteiger charge is -2.34. The number of fused-ring (bicyclic) bond motifs is 17. The van der Waals surface area contributed by atoms with Crippen LogP contribution in [0.15, 0.2) is 265 Å². The minimum Gasteiger partial charge on any atom is -0.313 e. The Morgan fingerprint density at radius 1 is 0.333 bits per heavy atom. The maximum Gasteiger partial charge on any atom is 0.0721 e. The van der Waals surface area contributed by atoms with Crippen LogP contribution in [0.1, 0.15) is 52.7 Å². The van der Waals surface area contributed by atoms with Crippen molar-refractivity contribution in [2.45, 2.75) is 47.0 Å². The van der Waals surface area contributed by atoms with Crippen molar-refractivity contribution in [3.8, 4) is 35.3 Å². The summed E-state index contributed by atoms with van der Waals surface area (Å²) in [6.07, 6.45) is 13.1. The summed E-state index contributed by atoms with van der Waals surface area (Å²) in [4.78, 5) is 0. The first-order chi connectivity index (χ1) is 39.9. The fraction of sp³-hybridized carbons (Fsp3) is 0.0909. The van der Waals surface area contributed by atoms with Gasteiger partial charge in [0.1, 0.15) is 0 Å². The molecule has 0 aliphatic heterocycles. The Morgan fingerprint density at radius 3 is 0.840 bits per heavy atom. The molecule has 2 aliphatic rings. The molecule has 1 spiro atoms. The Hall–Kier alpha value is -10.1. The van der Waals surface area contributed by atoms with E-state index in [0.717, 1.165) is 11.4 Å². The summed E-state index contributed by atoms with van der Waals surface area (Å²) in [5.74, 6) is 0. The van der Waals surface area contributed by atoms with E-state index in [4.69, 9.17) is 0 Å². The van der Waals surface area contributed by atoms with E-state index in [9.17, 15) is 0 Å². The number of para-hydroxylation sites is 8. The maximum absolute atomic E-state index is 4.00. The van der Waals surface area contributed by atoms with Crippen molar-refractivity contribution in [1.29, 1.82) is 0 Å². The highest BCUT2D eigenvalue weighted by molar-refractivity contribution is 6.13. The number of hydrogen-bond donors (Lipinski definition) is 0. The second kappa shape index (κ2) is 19.1. The van der Waals surface area contributed by atoms with Crippen molar-refractivity contribution in [2.75, 3.05) is 0 Å². The normalized spacial score (nSPS) is 14.0. The molecule has 4 nitrogen and oxygen atoms in total. The third-order valence-electron chi connectivity index (χ3n) is 17.5. The van der Waals surface area contributed by atoms with E-state index in [1.54, 1.807) is 0 Å². The van der Waals surface area contributed by atoms with Crippen molar-refractivity contribution in [3.05, 3.63) is 276 Å². The summed E-state index contributed by atoms with van der Waals surface area (Å²) in [7, 11) is 0. The molecule has 0 amide bonds. The molecule has 0 fully saturated rings. The predicted molar refractivity (Wildman–Crippen MR) is 347 cm³/mol. The molecular formula is C77H60N4. The van der Waals surface area contributed by atoms with E-state index in [1.165, 1.54) is 143 Å². The van der Waals surface area contributed by atoms with Crippen LogP contribution < -0.4 is 0 Å². The molecule has 4 heterocycles. The Morgan fingerprint density at radius 2 is 0.568 bits per heavy atom. The van der Waals surface area contributed by atoms with Crippen LogP contribution in [-0.2, 0) is 5.41 Å². The molecule has 16 rings (SSSR count). The zero-order valence-corrected chi connectivity index (χ0v) is 46.5. The van der Waals surface area contributed by atoms with Crippen molar-refractivity contribution < 1.29 is 0 Å². The molecule has 388 valence electrons. The Balaban J connectivity index is 0.00000144. The van der Waals surface area contributed by atoms with Gasteiger partial charge in [-0.25, -0.2) is 0 Å². The first kappa shape index (κ1) is 49.2. The highest BCUT2D eigenvalue weighted by Gasteiger charge is 2.52. The lowest BCUT2D eigenvalue weighted by Crippen LogP contribution is -2.28. The van der Waals surface area contributed by atoms with E-state index in [1.807, 2.05) is 13.8 Å². The summed E-state index contributed by atoms with van der Waals surface area (Å²) in [5.41, 5.74) is 23.7. The molecule has 2 aliphatic carbocycles. The highest BCUT2D eigenvalue weighted by atomic mass is 15.0. The Kier molecular flexibility index (Phi) is 11.6. The monoisotopic (exact) mass is 1040 g/mol. The van der Waals surface area contributed by atoms with E-state index in [0.29, 0.717) is 0 Å². The maximum atomic E-state index is 4.00. The van der Waals surface area contributed by atoms with Crippen molar-refractivity contribution >= 4 is 98.6 Å². The van der Waals surface area contributed by atoms with Crippen molar-refractivity contribution in [1.82, 2.24) is 18.3 Å². The van der Waals surface area contributed by atoms with E-state index in [-0.39, 0.29) is 0 Å². The van der Waals surface area contributed by atoms with Gasteiger partial charge < -0.3 is 18.3 Å². The SMILES string of the molecule is C#C.CC.CC1=C(/C=C(\C)n2c3ccccc3c3ccccc32)C2(C(/C=C(\C)n3c4ccccc4c4ccccc43)=C1C)c1cc(-n3c4ccccc4c4ccccc43)ccc1-c1ccc(-n3c4ccccc4c4ccccc43)cc12. The van der Waals surface area contributed by atoms with Gasteiger partial charge in [0.2, 0.25) is 0 Å². The number of rotatable bonds is 6.